The summed E-state index contributed by atoms with van der Waals surface area (Å²) in [5.41, 5.74) is 9.72. The van der Waals surface area contributed by atoms with Gasteiger partial charge in [-0.25, -0.2) is 0 Å². The molecule has 0 aliphatic carbocycles. The molecule has 2 aromatic heterocycles. The minimum absolute atomic E-state index is 0.323. The lowest BCUT2D eigenvalue weighted by Crippen LogP contribution is -1.91. The molecule has 0 fully saturated rings. The quantitative estimate of drug-likeness (QED) is 0.731. The van der Waals surface area contributed by atoms with Crippen LogP contribution in [0, 0.1) is 13.8 Å². The van der Waals surface area contributed by atoms with Gasteiger partial charge in [0.1, 0.15) is 5.69 Å². The number of halogens is 1. The van der Waals surface area contributed by atoms with Crippen LogP contribution in [0.2, 0.25) is 5.02 Å². The van der Waals surface area contributed by atoms with Gasteiger partial charge < -0.3 is 10.3 Å². The molecule has 6 heteroatoms. The van der Waals surface area contributed by atoms with Crippen molar-refractivity contribution in [3.8, 4) is 23.0 Å². The molecule has 0 aliphatic heterocycles. The summed E-state index contributed by atoms with van der Waals surface area (Å²) in [5, 5.41) is 4.48. The second-order valence-electron chi connectivity index (χ2n) is 4.84. The zero-order chi connectivity index (χ0) is 15.0. The largest absolute Gasteiger partial charge is 0.399 e. The van der Waals surface area contributed by atoms with Crippen molar-refractivity contribution in [2.24, 2.45) is 0 Å². The minimum Gasteiger partial charge on any atom is -0.399 e. The Kier molecular flexibility index (Phi) is 3.35. The maximum atomic E-state index is 6.14. The molecule has 106 valence electrons. The fourth-order valence-electron chi connectivity index (χ4n) is 2.09. The van der Waals surface area contributed by atoms with Crippen LogP contribution in [0.25, 0.3) is 23.0 Å². The molecule has 3 aromatic rings. The lowest BCUT2D eigenvalue weighted by atomic mass is 10.1. The fourth-order valence-corrected chi connectivity index (χ4v) is 2.28. The Labute approximate surface area is 126 Å². The molecule has 0 bridgehead atoms. The molecule has 2 N–H and O–H groups in total. The lowest BCUT2D eigenvalue weighted by Gasteiger charge is -2.01. The van der Waals surface area contributed by atoms with E-state index < -0.39 is 0 Å². The van der Waals surface area contributed by atoms with E-state index in [9.17, 15) is 0 Å². The summed E-state index contributed by atoms with van der Waals surface area (Å²) in [6.07, 6.45) is 1.77. The van der Waals surface area contributed by atoms with Crippen LogP contribution in [0.1, 0.15) is 11.1 Å². The van der Waals surface area contributed by atoms with Gasteiger partial charge in [0.2, 0.25) is 5.82 Å². The topological polar surface area (TPSA) is 77.8 Å². The molecule has 0 radical (unpaired) electrons. The first-order valence-electron chi connectivity index (χ1n) is 6.37. The first-order valence-corrected chi connectivity index (χ1v) is 6.75. The summed E-state index contributed by atoms with van der Waals surface area (Å²) in [5.74, 6) is 0.755. The monoisotopic (exact) mass is 300 g/mol. The van der Waals surface area contributed by atoms with Crippen LogP contribution in [0.5, 0.6) is 0 Å². The molecular weight excluding hydrogens is 288 g/mol. The molecule has 0 saturated heterocycles. The number of aromatic nitrogens is 3. The third kappa shape index (κ3) is 2.60. The highest BCUT2D eigenvalue weighted by Crippen LogP contribution is 2.30. The summed E-state index contributed by atoms with van der Waals surface area (Å²) in [4.78, 5) is 8.72. The highest BCUT2D eigenvalue weighted by atomic mass is 35.5. The Morgan fingerprint density at radius 1 is 1.19 bits per heavy atom. The van der Waals surface area contributed by atoms with Gasteiger partial charge in [-0.3, -0.25) is 4.98 Å². The third-order valence-corrected chi connectivity index (χ3v) is 3.40. The first kappa shape index (κ1) is 13.6. The summed E-state index contributed by atoms with van der Waals surface area (Å²) >= 11 is 6.14. The second kappa shape index (κ2) is 5.18. The summed E-state index contributed by atoms with van der Waals surface area (Å²) in [6, 6.07) is 7.14. The number of nitrogens with zero attached hydrogens (tertiary/aromatic N) is 3. The van der Waals surface area contributed by atoms with E-state index in [4.69, 9.17) is 21.9 Å². The first-order chi connectivity index (χ1) is 10.0. The highest BCUT2D eigenvalue weighted by molar-refractivity contribution is 6.33. The summed E-state index contributed by atoms with van der Waals surface area (Å²) < 4.78 is 5.29. The fraction of sp³-hybridized carbons (Fsp3) is 0.133. The molecule has 5 nitrogen and oxygen atoms in total. The van der Waals surface area contributed by atoms with Gasteiger partial charge >= 0.3 is 0 Å². The maximum Gasteiger partial charge on any atom is 0.259 e. The van der Waals surface area contributed by atoms with Crippen molar-refractivity contribution in [2.45, 2.75) is 13.8 Å². The van der Waals surface area contributed by atoms with Crippen molar-refractivity contribution in [3.05, 3.63) is 46.6 Å². The number of pyridine rings is 1. The zero-order valence-electron chi connectivity index (χ0n) is 11.6. The van der Waals surface area contributed by atoms with Crippen LogP contribution in [0.15, 0.2) is 35.0 Å². The van der Waals surface area contributed by atoms with Crippen molar-refractivity contribution >= 4 is 17.3 Å². The average Bonchev–Trinajstić information content (AvgIpc) is 2.91. The number of hydrogen-bond donors (Lipinski definition) is 1. The SMILES string of the molecule is Cc1cnc(-c2noc(-c3cc(N)ccc3Cl)n2)c(C)c1. The van der Waals surface area contributed by atoms with Crippen LogP contribution in [-0.2, 0) is 0 Å². The Bertz CT molecular complexity index is 813. The van der Waals surface area contributed by atoms with Crippen LogP contribution in [0.3, 0.4) is 0 Å². The number of anilines is 1. The standard InChI is InChI=1S/C15H13ClN4O/c1-8-5-9(2)13(18-7-8)14-19-15(21-20-14)11-6-10(17)3-4-12(11)16/h3-7H,17H2,1-2H3. The van der Waals surface area contributed by atoms with E-state index >= 15 is 0 Å². The molecule has 0 spiro atoms. The molecule has 21 heavy (non-hydrogen) atoms. The second-order valence-corrected chi connectivity index (χ2v) is 5.25. The van der Waals surface area contributed by atoms with Crippen molar-refractivity contribution in [1.82, 2.24) is 15.1 Å². The van der Waals surface area contributed by atoms with Gasteiger partial charge in [0, 0.05) is 11.9 Å². The van der Waals surface area contributed by atoms with Gasteiger partial charge in [0.05, 0.1) is 10.6 Å². The molecule has 2 heterocycles. The van der Waals surface area contributed by atoms with E-state index in [1.807, 2.05) is 19.9 Å². The molecule has 0 saturated carbocycles. The Morgan fingerprint density at radius 3 is 2.76 bits per heavy atom. The van der Waals surface area contributed by atoms with Crippen LogP contribution >= 0.6 is 11.6 Å². The molecule has 1 aromatic carbocycles. The van der Waals surface area contributed by atoms with Gasteiger partial charge in [-0.05, 0) is 43.2 Å². The molecule has 0 amide bonds. The molecule has 0 aliphatic rings. The van der Waals surface area contributed by atoms with Gasteiger partial charge in [-0.15, -0.1) is 0 Å². The predicted molar refractivity (Wildman–Crippen MR) is 81.9 cm³/mol. The predicted octanol–water partition coefficient (Wildman–Crippen LogP) is 3.65. The van der Waals surface area contributed by atoms with Crippen molar-refractivity contribution in [3.63, 3.8) is 0 Å². The Balaban J connectivity index is 2.06. The van der Waals surface area contributed by atoms with E-state index in [0.29, 0.717) is 33.7 Å². The van der Waals surface area contributed by atoms with Crippen molar-refractivity contribution < 1.29 is 4.52 Å². The van der Waals surface area contributed by atoms with Crippen LogP contribution < -0.4 is 5.73 Å². The number of hydrogen-bond acceptors (Lipinski definition) is 5. The minimum atomic E-state index is 0.323. The number of benzene rings is 1. The number of nitrogens with two attached hydrogens (primary N) is 1. The Hall–Kier alpha value is -2.40. The van der Waals surface area contributed by atoms with Gasteiger partial charge in [-0.1, -0.05) is 22.8 Å². The number of nitrogen functional groups attached to an aromatic ring is 1. The lowest BCUT2D eigenvalue weighted by molar-refractivity contribution is 0.432. The number of aryl methyl sites for hydroxylation is 2. The van der Waals surface area contributed by atoms with E-state index in [2.05, 4.69) is 15.1 Å². The zero-order valence-corrected chi connectivity index (χ0v) is 12.3. The van der Waals surface area contributed by atoms with Gasteiger partial charge in [0.25, 0.3) is 5.89 Å². The van der Waals surface area contributed by atoms with Gasteiger partial charge in [-0.2, -0.15) is 4.98 Å². The smallest absolute Gasteiger partial charge is 0.259 e. The molecule has 0 unspecified atom stereocenters. The average molecular weight is 301 g/mol. The van der Waals surface area contributed by atoms with E-state index in [0.717, 1.165) is 11.1 Å². The van der Waals surface area contributed by atoms with E-state index in [1.165, 1.54) is 0 Å². The Morgan fingerprint density at radius 2 is 2.00 bits per heavy atom. The molecule has 0 atom stereocenters. The normalized spacial score (nSPS) is 10.8. The summed E-state index contributed by atoms with van der Waals surface area (Å²) in [6.45, 7) is 3.94. The van der Waals surface area contributed by atoms with Gasteiger partial charge in [0.15, 0.2) is 0 Å². The third-order valence-electron chi connectivity index (χ3n) is 3.07. The molecular formula is C15H13ClN4O. The summed E-state index contributed by atoms with van der Waals surface area (Å²) in [7, 11) is 0. The van der Waals surface area contributed by atoms with Crippen molar-refractivity contribution in [2.75, 3.05) is 5.73 Å². The van der Waals surface area contributed by atoms with Crippen LogP contribution in [0.4, 0.5) is 5.69 Å². The van der Waals surface area contributed by atoms with E-state index in [1.54, 1.807) is 24.4 Å². The van der Waals surface area contributed by atoms with E-state index in [-0.39, 0.29) is 0 Å². The molecule has 3 rings (SSSR count). The number of rotatable bonds is 2. The highest BCUT2D eigenvalue weighted by Gasteiger charge is 2.16. The van der Waals surface area contributed by atoms with Crippen molar-refractivity contribution in [1.29, 1.82) is 0 Å². The maximum absolute atomic E-state index is 6.14. The van der Waals surface area contributed by atoms with Crippen LogP contribution in [-0.4, -0.2) is 15.1 Å².